The van der Waals surface area contributed by atoms with Crippen LogP contribution in [0.15, 0.2) is 53.1 Å². The predicted molar refractivity (Wildman–Crippen MR) is 174 cm³/mol. The standard InChI is InChI=1S/C35H42ClN3O7/c1-43-32-17-38(18-33(32)44-2)24-15-25(20-45-26-10-7-22(19-40)8-11-26)39(16-24)34(41)14-23-9-12-30(29(36)13-23)37-35(42)28-21-46-31-6-4-3-5-27(28)31/h3-6,9,12-13,19,21-22,24-26,32-33H,7-8,10-11,14-18,20H2,1-2H3,(H,37,42)/t22-,24-,25-,26-,32-,33+/m0/s1. The van der Waals surface area contributed by atoms with Gasteiger partial charge in [0.25, 0.3) is 5.91 Å². The maximum Gasteiger partial charge on any atom is 0.259 e. The number of likely N-dealkylation sites (tertiary alicyclic amines) is 2. The zero-order valence-electron chi connectivity index (χ0n) is 26.4. The molecule has 11 heteroatoms. The molecular formula is C35H42ClN3O7. The lowest BCUT2D eigenvalue weighted by Gasteiger charge is -2.29. The number of ether oxygens (including phenoxy) is 3. The van der Waals surface area contributed by atoms with E-state index >= 15 is 0 Å². The monoisotopic (exact) mass is 651 g/mol. The molecule has 2 saturated heterocycles. The summed E-state index contributed by atoms with van der Waals surface area (Å²) in [7, 11) is 3.42. The number of para-hydroxylation sites is 1. The second kappa shape index (κ2) is 14.6. The lowest BCUT2D eigenvalue weighted by molar-refractivity contribution is -0.133. The fourth-order valence-corrected chi connectivity index (χ4v) is 7.42. The number of anilines is 1. The van der Waals surface area contributed by atoms with E-state index in [4.69, 9.17) is 30.2 Å². The van der Waals surface area contributed by atoms with E-state index in [1.807, 2.05) is 35.2 Å². The highest BCUT2D eigenvalue weighted by Gasteiger charge is 2.43. The molecule has 0 bridgehead atoms. The number of nitrogens with one attached hydrogen (secondary N) is 1. The Labute approximate surface area is 274 Å². The van der Waals surface area contributed by atoms with E-state index in [9.17, 15) is 14.4 Å². The van der Waals surface area contributed by atoms with Crippen LogP contribution in [0.5, 0.6) is 0 Å². The van der Waals surface area contributed by atoms with Crippen molar-refractivity contribution in [1.29, 1.82) is 0 Å². The minimum Gasteiger partial charge on any atom is -0.463 e. The van der Waals surface area contributed by atoms with Gasteiger partial charge in [0.2, 0.25) is 5.91 Å². The number of hydrogen-bond acceptors (Lipinski definition) is 8. The first kappa shape index (κ1) is 32.7. The third-order valence-electron chi connectivity index (χ3n) is 9.88. The molecule has 0 unspecified atom stereocenters. The van der Waals surface area contributed by atoms with Crippen molar-refractivity contribution in [2.45, 2.75) is 68.9 Å². The van der Waals surface area contributed by atoms with Gasteiger partial charge >= 0.3 is 0 Å². The first-order valence-corrected chi connectivity index (χ1v) is 16.5. The molecule has 1 N–H and O–H groups in total. The largest absolute Gasteiger partial charge is 0.463 e. The topological polar surface area (TPSA) is 111 Å². The van der Waals surface area contributed by atoms with E-state index < -0.39 is 0 Å². The quantitative estimate of drug-likeness (QED) is 0.290. The highest BCUT2D eigenvalue weighted by Crippen LogP contribution is 2.31. The van der Waals surface area contributed by atoms with Gasteiger partial charge in [-0.3, -0.25) is 14.5 Å². The fraction of sp³-hybridized carbons (Fsp3) is 0.514. The van der Waals surface area contributed by atoms with Crippen molar-refractivity contribution in [3.8, 4) is 0 Å². The molecule has 4 atom stereocenters. The molecule has 246 valence electrons. The van der Waals surface area contributed by atoms with Crippen LogP contribution in [0.25, 0.3) is 11.0 Å². The molecule has 2 aliphatic heterocycles. The fourth-order valence-electron chi connectivity index (χ4n) is 7.17. The van der Waals surface area contributed by atoms with Crippen molar-refractivity contribution in [2.75, 3.05) is 45.8 Å². The van der Waals surface area contributed by atoms with Crippen LogP contribution in [-0.2, 0) is 30.2 Å². The van der Waals surface area contributed by atoms with E-state index in [0.717, 1.165) is 62.4 Å². The van der Waals surface area contributed by atoms with E-state index in [1.165, 1.54) is 6.26 Å². The van der Waals surface area contributed by atoms with Gasteiger partial charge in [0.1, 0.15) is 18.1 Å². The Morgan fingerprint density at radius 2 is 1.76 bits per heavy atom. The summed E-state index contributed by atoms with van der Waals surface area (Å²) >= 11 is 6.61. The van der Waals surface area contributed by atoms with Gasteiger partial charge in [-0.15, -0.1) is 0 Å². The molecule has 6 rings (SSSR count). The molecule has 3 aromatic rings. The van der Waals surface area contributed by atoms with Gasteiger partial charge in [-0.1, -0.05) is 35.9 Å². The van der Waals surface area contributed by atoms with Crippen LogP contribution in [0.4, 0.5) is 5.69 Å². The Bertz CT molecular complexity index is 1530. The van der Waals surface area contributed by atoms with Crippen LogP contribution in [0, 0.1) is 5.92 Å². The summed E-state index contributed by atoms with van der Waals surface area (Å²) < 4.78 is 23.2. The Morgan fingerprint density at radius 1 is 1.02 bits per heavy atom. The number of aldehydes is 1. The summed E-state index contributed by atoms with van der Waals surface area (Å²) in [5.74, 6) is -0.192. The van der Waals surface area contributed by atoms with Crippen molar-refractivity contribution < 1.29 is 33.0 Å². The minimum atomic E-state index is -0.324. The van der Waals surface area contributed by atoms with Crippen LogP contribution in [0.1, 0.15) is 48.0 Å². The molecule has 2 aromatic carbocycles. The SMILES string of the molecule is CO[C@H]1CN([C@H]2C[C@@H](CO[C@H]3CC[C@H](C=O)CC3)N(C(=O)Cc3ccc(NC(=O)c4coc5ccccc45)c(Cl)c3)C2)C[C@H]1OC. The molecule has 1 aliphatic carbocycles. The second-order valence-electron chi connectivity index (χ2n) is 12.7. The third-order valence-corrected chi connectivity index (χ3v) is 10.2. The molecule has 3 heterocycles. The molecule has 0 spiro atoms. The molecule has 2 amide bonds. The predicted octanol–water partition coefficient (Wildman–Crippen LogP) is 4.97. The Morgan fingerprint density at radius 3 is 2.46 bits per heavy atom. The molecule has 3 fully saturated rings. The van der Waals surface area contributed by atoms with Crippen LogP contribution in [0.2, 0.25) is 5.02 Å². The zero-order valence-corrected chi connectivity index (χ0v) is 27.1. The van der Waals surface area contributed by atoms with E-state index in [2.05, 4.69) is 10.2 Å². The zero-order chi connectivity index (χ0) is 32.2. The number of rotatable bonds is 11. The Hall–Kier alpha value is -3.28. The van der Waals surface area contributed by atoms with Crippen molar-refractivity contribution in [1.82, 2.24) is 9.80 Å². The smallest absolute Gasteiger partial charge is 0.259 e. The van der Waals surface area contributed by atoms with Crippen molar-refractivity contribution in [3.63, 3.8) is 0 Å². The molecule has 1 saturated carbocycles. The lowest BCUT2D eigenvalue weighted by Crippen LogP contribution is -2.41. The average molecular weight is 652 g/mol. The number of fused-ring (bicyclic) bond motifs is 1. The first-order chi connectivity index (χ1) is 22.4. The lowest BCUT2D eigenvalue weighted by atomic mass is 9.88. The average Bonchev–Trinajstić information content (AvgIpc) is 3.82. The number of carbonyl (C=O) groups is 3. The van der Waals surface area contributed by atoms with E-state index in [0.29, 0.717) is 35.0 Å². The maximum absolute atomic E-state index is 13.9. The first-order valence-electron chi connectivity index (χ1n) is 16.1. The summed E-state index contributed by atoms with van der Waals surface area (Å²) in [6.45, 7) is 2.56. The van der Waals surface area contributed by atoms with Gasteiger partial charge in [0.15, 0.2) is 0 Å². The second-order valence-corrected chi connectivity index (χ2v) is 13.1. The number of nitrogens with zero attached hydrogens (tertiary/aromatic N) is 2. The van der Waals surface area contributed by atoms with Crippen LogP contribution in [-0.4, -0.2) is 98.8 Å². The normalized spacial score (nSPS) is 26.9. The molecule has 0 radical (unpaired) electrons. The number of carbonyl (C=O) groups excluding carboxylic acids is 3. The van der Waals surface area contributed by atoms with Gasteiger partial charge in [-0.25, -0.2) is 0 Å². The number of furan rings is 1. The summed E-state index contributed by atoms with van der Waals surface area (Å²) in [6.07, 6.45) is 7.00. The number of benzene rings is 2. The molecular weight excluding hydrogens is 610 g/mol. The number of methoxy groups -OCH3 is 2. The van der Waals surface area contributed by atoms with Gasteiger partial charge in [0, 0.05) is 51.2 Å². The van der Waals surface area contributed by atoms with Crippen molar-refractivity contribution >= 4 is 46.4 Å². The van der Waals surface area contributed by atoms with E-state index in [1.54, 1.807) is 26.4 Å². The summed E-state index contributed by atoms with van der Waals surface area (Å²) in [4.78, 5) is 42.4. The number of hydrogen-bond donors (Lipinski definition) is 1. The summed E-state index contributed by atoms with van der Waals surface area (Å²) in [6, 6.07) is 12.7. The Kier molecular flexibility index (Phi) is 10.4. The summed E-state index contributed by atoms with van der Waals surface area (Å²) in [5, 5.41) is 3.94. The number of halogens is 1. The molecule has 46 heavy (non-hydrogen) atoms. The van der Waals surface area contributed by atoms with Crippen LogP contribution >= 0.6 is 11.6 Å². The van der Waals surface area contributed by atoms with Crippen LogP contribution in [0.3, 0.4) is 0 Å². The van der Waals surface area contributed by atoms with Gasteiger partial charge < -0.3 is 33.6 Å². The highest BCUT2D eigenvalue weighted by molar-refractivity contribution is 6.34. The molecule has 1 aromatic heterocycles. The summed E-state index contributed by atoms with van der Waals surface area (Å²) in [5.41, 5.74) is 2.27. The minimum absolute atomic E-state index is 0.00395. The van der Waals surface area contributed by atoms with Gasteiger partial charge in [-0.05, 0) is 55.9 Å². The van der Waals surface area contributed by atoms with E-state index in [-0.39, 0.29) is 54.5 Å². The van der Waals surface area contributed by atoms with Crippen molar-refractivity contribution in [2.24, 2.45) is 5.92 Å². The Balaban J connectivity index is 1.11. The molecule has 3 aliphatic rings. The van der Waals surface area contributed by atoms with Gasteiger partial charge in [-0.2, -0.15) is 0 Å². The van der Waals surface area contributed by atoms with Gasteiger partial charge in [0.05, 0.1) is 53.7 Å². The van der Waals surface area contributed by atoms with Crippen LogP contribution < -0.4 is 5.32 Å². The third kappa shape index (κ3) is 7.16. The molecule has 10 nitrogen and oxygen atoms in total. The van der Waals surface area contributed by atoms with Crippen molar-refractivity contribution in [3.05, 3.63) is 64.9 Å². The highest BCUT2D eigenvalue weighted by atomic mass is 35.5. The number of amides is 2. The maximum atomic E-state index is 13.9.